The van der Waals surface area contributed by atoms with Crippen molar-refractivity contribution in [3.8, 4) is 0 Å². The number of aliphatic hydroxyl groups is 2. The monoisotopic (exact) mass is 264 g/mol. The summed E-state index contributed by atoms with van der Waals surface area (Å²) in [5.74, 6) is 0. The van der Waals surface area contributed by atoms with E-state index in [0.29, 0.717) is 13.0 Å². The topological polar surface area (TPSA) is 46.9 Å². The van der Waals surface area contributed by atoms with E-state index in [9.17, 15) is 5.11 Å². The molecule has 1 heterocycles. The molecule has 0 aliphatic carbocycles. The predicted molar refractivity (Wildman–Crippen MR) is 77.5 cm³/mol. The van der Waals surface area contributed by atoms with E-state index in [2.05, 4.69) is 41.0 Å². The first-order valence-corrected chi connectivity index (χ1v) is 7.02. The Bertz CT molecular complexity index is 372. The molecule has 106 valence electrons. The first-order chi connectivity index (χ1) is 9.19. The summed E-state index contributed by atoms with van der Waals surface area (Å²) in [6.45, 7) is 6.76. The molecule has 1 fully saturated rings. The van der Waals surface area contributed by atoms with Crippen molar-refractivity contribution in [1.82, 2.24) is 4.90 Å². The highest BCUT2D eigenvalue weighted by molar-refractivity contribution is 5.47. The van der Waals surface area contributed by atoms with E-state index in [-0.39, 0.29) is 6.61 Å². The number of hydrogen-bond acceptors (Lipinski definition) is 4. The van der Waals surface area contributed by atoms with Gasteiger partial charge in [-0.3, -0.25) is 4.90 Å². The highest BCUT2D eigenvalue weighted by Gasteiger charge is 2.19. The SMILES string of the molecule is Cc1ccc(N2CCN(CC(O)CCO)CC2)cc1. The standard InChI is InChI=1S/C15H24N2O2/c1-13-2-4-14(5-3-13)17-9-7-16(8-10-17)12-15(19)6-11-18/h2-5,15,18-19H,6-12H2,1H3. The van der Waals surface area contributed by atoms with Gasteiger partial charge in [-0.15, -0.1) is 0 Å². The minimum absolute atomic E-state index is 0.0600. The molecule has 1 aliphatic rings. The smallest absolute Gasteiger partial charge is 0.0689 e. The second kappa shape index (κ2) is 6.89. The Hall–Kier alpha value is -1.10. The number of piperazine rings is 1. The number of nitrogens with zero attached hydrogens (tertiary/aromatic N) is 2. The number of aliphatic hydroxyl groups excluding tert-OH is 2. The summed E-state index contributed by atoms with van der Waals surface area (Å²) in [6.07, 6.45) is 0.0639. The third kappa shape index (κ3) is 4.20. The van der Waals surface area contributed by atoms with Gasteiger partial charge in [-0.2, -0.15) is 0 Å². The molecule has 2 N–H and O–H groups in total. The van der Waals surface area contributed by atoms with Gasteiger partial charge in [0.05, 0.1) is 6.10 Å². The van der Waals surface area contributed by atoms with Crippen molar-refractivity contribution in [2.75, 3.05) is 44.2 Å². The van der Waals surface area contributed by atoms with Gasteiger partial charge in [-0.1, -0.05) is 17.7 Å². The molecule has 0 amide bonds. The number of anilines is 1. The molecule has 0 bridgehead atoms. The average Bonchev–Trinajstić information content (AvgIpc) is 2.41. The van der Waals surface area contributed by atoms with Crippen LogP contribution >= 0.6 is 0 Å². The van der Waals surface area contributed by atoms with Crippen LogP contribution in [-0.2, 0) is 0 Å². The largest absolute Gasteiger partial charge is 0.396 e. The van der Waals surface area contributed by atoms with Crippen LogP contribution in [0.2, 0.25) is 0 Å². The van der Waals surface area contributed by atoms with Crippen molar-refractivity contribution in [2.24, 2.45) is 0 Å². The Kier molecular flexibility index (Phi) is 5.19. The van der Waals surface area contributed by atoms with Crippen LogP contribution in [0.25, 0.3) is 0 Å². The number of rotatable bonds is 5. The molecule has 1 aromatic carbocycles. The van der Waals surface area contributed by atoms with E-state index in [0.717, 1.165) is 26.2 Å². The van der Waals surface area contributed by atoms with E-state index < -0.39 is 6.10 Å². The fraction of sp³-hybridized carbons (Fsp3) is 0.600. The Morgan fingerprint density at radius 2 is 1.74 bits per heavy atom. The van der Waals surface area contributed by atoms with Crippen molar-refractivity contribution in [3.05, 3.63) is 29.8 Å². The van der Waals surface area contributed by atoms with Gasteiger partial charge in [-0.25, -0.2) is 0 Å². The summed E-state index contributed by atoms with van der Waals surface area (Å²) in [6, 6.07) is 8.64. The maximum Gasteiger partial charge on any atom is 0.0689 e. The van der Waals surface area contributed by atoms with Crippen LogP contribution in [0, 0.1) is 6.92 Å². The lowest BCUT2D eigenvalue weighted by Crippen LogP contribution is -2.48. The summed E-state index contributed by atoms with van der Waals surface area (Å²) in [7, 11) is 0. The van der Waals surface area contributed by atoms with E-state index in [1.807, 2.05) is 0 Å². The fourth-order valence-electron chi connectivity index (χ4n) is 2.48. The Morgan fingerprint density at radius 3 is 2.32 bits per heavy atom. The maximum atomic E-state index is 9.70. The van der Waals surface area contributed by atoms with Gasteiger partial charge in [0.15, 0.2) is 0 Å². The summed E-state index contributed by atoms with van der Waals surface area (Å²) in [4.78, 5) is 4.65. The zero-order chi connectivity index (χ0) is 13.7. The Labute approximate surface area is 115 Å². The average molecular weight is 264 g/mol. The molecule has 0 saturated carbocycles. The van der Waals surface area contributed by atoms with Gasteiger partial charge < -0.3 is 15.1 Å². The van der Waals surface area contributed by atoms with Gasteiger partial charge >= 0.3 is 0 Å². The maximum absolute atomic E-state index is 9.70. The number of hydrogen-bond donors (Lipinski definition) is 2. The number of benzene rings is 1. The van der Waals surface area contributed by atoms with Crippen molar-refractivity contribution < 1.29 is 10.2 Å². The van der Waals surface area contributed by atoms with Crippen LogP contribution in [0.5, 0.6) is 0 Å². The zero-order valence-corrected chi connectivity index (χ0v) is 11.6. The second-order valence-electron chi connectivity index (χ2n) is 5.29. The molecule has 1 unspecified atom stereocenters. The van der Waals surface area contributed by atoms with Crippen LogP contribution in [0.1, 0.15) is 12.0 Å². The molecule has 19 heavy (non-hydrogen) atoms. The molecule has 4 heteroatoms. The Balaban J connectivity index is 1.80. The van der Waals surface area contributed by atoms with E-state index in [1.54, 1.807) is 0 Å². The van der Waals surface area contributed by atoms with Crippen LogP contribution in [0.4, 0.5) is 5.69 Å². The molecular weight excluding hydrogens is 240 g/mol. The van der Waals surface area contributed by atoms with E-state index in [1.165, 1.54) is 11.3 Å². The summed E-state index contributed by atoms with van der Waals surface area (Å²) >= 11 is 0. The fourth-order valence-corrected chi connectivity index (χ4v) is 2.48. The summed E-state index contributed by atoms with van der Waals surface area (Å²) in [5.41, 5.74) is 2.57. The van der Waals surface area contributed by atoms with Crippen LogP contribution in [0.15, 0.2) is 24.3 Å². The third-order valence-corrected chi connectivity index (χ3v) is 3.70. The molecule has 0 aromatic heterocycles. The van der Waals surface area contributed by atoms with E-state index >= 15 is 0 Å². The highest BCUT2D eigenvalue weighted by atomic mass is 16.3. The van der Waals surface area contributed by atoms with Gasteiger partial charge in [0.2, 0.25) is 0 Å². The van der Waals surface area contributed by atoms with E-state index in [4.69, 9.17) is 5.11 Å². The molecule has 1 atom stereocenters. The van der Waals surface area contributed by atoms with Crippen LogP contribution in [0.3, 0.4) is 0 Å². The third-order valence-electron chi connectivity index (χ3n) is 3.70. The van der Waals surface area contributed by atoms with Gasteiger partial charge in [0.25, 0.3) is 0 Å². The number of aryl methyl sites for hydroxylation is 1. The minimum atomic E-state index is -0.407. The molecule has 2 rings (SSSR count). The van der Waals surface area contributed by atoms with Crippen LogP contribution in [-0.4, -0.2) is 60.5 Å². The quantitative estimate of drug-likeness (QED) is 0.828. The predicted octanol–water partition coefficient (Wildman–Crippen LogP) is 0.860. The van der Waals surface area contributed by atoms with Crippen LogP contribution < -0.4 is 4.90 Å². The zero-order valence-electron chi connectivity index (χ0n) is 11.6. The molecule has 0 spiro atoms. The molecule has 1 saturated heterocycles. The molecule has 0 radical (unpaired) electrons. The first kappa shape index (κ1) is 14.3. The molecule has 4 nitrogen and oxygen atoms in total. The van der Waals surface area contributed by atoms with Gasteiger partial charge in [-0.05, 0) is 25.5 Å². The first-order valence-electron chi connectivity index (χ1n) is 7.02. The van der Waals surface area contributed by atoms with Gasteiger partial charge in [0.1, 0.15) is 0 Å². The number of β-amino-alcohol motifs (C(OH)–C–C–N with tert-alkyl or cyclic N) is 1. The summed E-state index contributed by atoms with van der Waals surface area (Å²) in [5, 5.41) is 18.5. The van der Waals surface area contributed by atoms with Gasteiger partial charge in [0, 0.05) is 45.0 Å². The normalized spacial score (nSPS) is 18.6. The lowest BCUT2D eigenvalue weighted by molar-refractivity contribution is 0.0851. The summed E-state index contributed by atoms with van der Waals surface area (Å²) < 4.78 is 0. The van der Waals surface area contributed by atoms with Crippen molar-refractivity contribution in [2.45, 2.75) is 19.4 Å². The minimum Gasteiger partial charge on any atom is -0.396 e. The molecule has 1 aromatic rings. The molecular formula is C15H24N2O2. The molecule has 1 aliphatic heterocycles. The lowest BCUT2D eigenvalue weighted by atomic mass is 10.2. The Morgan fingerprint density at radius 1 is 1.11 bits per heavy atom. The highest BCUT2D eigenvalue weighted by Crippen LogP contribution is 2.17. The lowest BCUT2D eigenvalue weighted by Gasteiger charge is -2.36. The second-order valence-corrected chi connectivity index (χ2v) is 5.29. The van der Waals surface area contributed by atoms with Crippen molar-refractivity contribution >= 4 is 5.69 Å². The van der Waals surface area contributed by atoms with Crippen molar-refractivity contribution in [1.29, 1.82) is 0 Å². The van der Waals surface area contributed by atoms with Crippen molar-refractivity contribution in [3.63, 3.8) is 0 Å².